The highest BCUT2D eigenvalue weighted by atomic mass is 32.1. The van der Waals surface area contributed by atoms with Gasteiger partial charge in [-0.25, -0.2) is 8.78 Å². The molecule has 1 aromatic heterocycles. The fourth-order valence-corrected chi connectivity index (χ4v) is 2.82. The second-order valence-electron chi connectivity index (χ2n) is 4.04. The van der Waals surface area contributed by atoms with Crippen molar-refractivity contribution in [3.8, 4) is 0 Å². The van der Waals surface area contributed by atoms with Gasteiger partial charge < -0.3 is 5.32 Å². The summed E-state index contributed by atoms with van der Waals surface area (Å²) in [6, 6.07) is 0.209. The number of hydrogen-bond donors (Lipinski definition) is 1. The monoisotopic (exact) mass is 277 g/mol. The number of piperazine rings is 1. The summed E-state index contributed by atoms with van der Waals surface area (Å²) in [7, 11) is 0. The van der Waals surface area contributed by atoms with Crippen molar-refractivity contribution < 1.29 is 13.7 Å². The minimum atomic E-state index is -2.54. The molecular formula is C10H13F2N3O2S. The molecule has 0 saturated carbocycles. The molecule has 0 spiro atoms. The Hall–Kier alpha value is -1.12. The van der Waals surface area contributed by atoms with Gasteiger partial charge in [-0.1, -0.05) is 11.3 Å². The van der Waals surface area contributed by atoms with Crippen LogP contribution in [0.4, 0.5) is 13.8 Å². The van der Waals surface area contributed by atoms with Crippen molar-refractivity contribution in [2.45, 2.75) is 12.5 Å². The van der Waals surface area contributed by atoms with E-state index in [1.807, 2.05) is 0 Å². The van der Waals surface area contributed by atoms with Crippen LogP contribution in [0.25, 0.3) is 0 Å². The lowest BCUT2D eigenvalue weighted by Gasteiger charge is -2.33. The van der Waals surface area contributed by atoms with E-state index < -0.39 is 17.4 Å². The second kappa shape index (κ2) is 5.68. The van der Waals surface area contributed by atoms with Crippen LogP contribution in [-0.4, -0.2) is 42.4 Å². The van der Waals surface area contributed by atoms with Crippen LogP contribution in [0.5, 0.6) is 0 Å². The Morgan fingerprint density at radius 2 is 2.11 bits per heavy atom. The fourth-order valence-electron chi connectivity index (χ4n) is 2.07. The summed E-state index contributed by atoms with van der Waals surface area (Å²) in [4.78, 5) is 11.7. The van der Waals surface area contributed by atoms with Gasteiger partial charge in [-0.3, -0.25) is 15.0 Å². The van der Waals surface area contributed by atoms with Gasteiger partial charge in [-0.2, -0.15) is 0 Å². The zero-order chi connectivity index (χ0) is 13.1. The minimum Gasteiger partial charge on any atom is -0.314 e. The SMILES string of the molecule is O=[N+]([O-])c1cc([C@@H](C(F)F)N2CCNCC2)cs1. The molecule has 1 fully saturated rings. The number of hydrogen-bond acceptors (Lipinski definition) is 5. The molecule has 0 radical (unpaired) electrons. The molecule has 100 valence electrons. The number of thiophene rings is 1. The van der Waals surface area contributed by atoms with Crippen LogP contribution in [0.15, 0.2) is 11.4 Å². The molecule has 1 atom stereocenters. The molecule has 1 saturated heterocycles. The van der Waals surface area contributed by atoms with Crippen LogP contribution in [0.2, 0.25) is 0 Å². The fraction of sp³-hybridized carbons (Fsp3) is 0.600. The van der Waals surface area contributed by atoms with Crippen molar-refractivity contribution in [2.75, 3.05) is 26.2 Å². The van der Waals surface area contributed by atoms with Crippen LogP contribution < -0.4 is 5.32 Å². The van der Waals surface area contributed by atoms with E-state index in [9.17, 15) is 18.9 Å². The van der Waals surface area contributed by atoms with Crippen LogP contribution in [0, 0.1) is 10.1 Å². The molecule has 2 rings (SSSR count). The molecule has 18 heavy (non-hydrogen) atoms. The van der Waals surface area contributed by atoms with Crippen LogP contribution in [0.3, 0.4) is 0 Å². The Balaban J connectivity index is 2.20. The van der Waals surface area contributed by atoms with Gasteiger partial charge in [0.1, 0.15) is 0 Å². The molecule has 0 unspecified atom stereocenters. The van der Waals surface area contributed by atoms with Gasteiger partial charge in [0, 0.05) is 37.6 Å². The third kappa shape index (κ3) is 2.82. The van der Waals surface area contributed by atoms with Crippen LogP contribution >= 0.6 is 11.3 Å². The Morgan fingerprint density at radius 1 is 1.44 bits per heavy atom. The smallest absolute Gasteiger partial charge is 0.314 e. The third-order valence-electron chi connectivity index (χ3n) is 2.91. The molecule has 5 nitrogen and oxygen atoms in total. The minimum absolute atomic E-state index is 0.0919. The van der Waals surface area contributed by atoms with Crippen LogP contribution in [-0.2, 0) is 0 Å². The van der Waals surface area contributed by atoms with Gasteiger partial charge in [-0.05, 0) is 5.56 Å². The van der Waals surface area contributed by atoms with E-state index in [0.29, 0.717) is 31.7 Å². The van der Waals surface area contributed by atoms with E-state index >= 15 is 0 Å². The quantitative estimate of drug-likeness (QED) is 0.674. The average molecular weight is 277 g/mol. The summed E-state index contributed by atoms with van der Waals surface area (Å²) < 4.78 is 26.3. The summed E-state index contributed by atoms with van der Waals surface area (Å²) in [6.07, 6.45) is -2.54. The first-order valence-corrected chi connectivity index (χ1v) is 6.43. The van der Waals surface area contributed by atoms with Gasteiger partial charge >= 0.3 is 5.00 Å². The number of rotatable bonds is 4. The van der Waals surface area contributed by atoms with Crippen LogP contribution in [0.1, 0.15) is 11.6 Å². The van der Waals surface area contributed by atoms with Gasteiger partial charge in [0.2, 0.25) is 0 Å². The Morgan fingerprint density at radius 3 is 2.61 bits per heavy atom. The van der Waals surface area contributed by atoms with Gasteiger partial charge in [-0.15, -0.1) is 0 Å². The van der Waals surface area contributed by atoms with Gasteiger partial charge in [0.15, 0.2) is 0 Å². The number of nitro groups is 1. The van der Waals surface area contributed by atoms with E-state index in [0.717, 1.165) is 11.3 Å². The maximum atomic E-state index is 13.2. The van der Waals surface area contributed by atoms with E-state index in [4.69, 9.17) is 0 Å². The predicted molar refractivity (Wildman–Crippen MR) is 64.2 cm³/mol. The lowest BCUT2D eigenvalue weighted by atomic mass is 10.1. The van der Waals surface area contributed by atoms with E-state index in [1.165, 1.54) is 11.4 Å². The van der Waals surface area contributed by atoms with E-state index in [1.54, 1.807) is 4.90 Å². The van der Waals surface area contributed by atoms with Crippen molar-refractivity contribution in [2.24, 2.45) is 0 Å². The molecule has 0 amide bonds. The first-order chi connectivity index (χ1) is 8.59. The zero-order valence-electron chi connectivity index (χ0n) is 9.51. The maximum absolute atomic E-state index is 13.2. The highest BCUT2D eigenvalue weighted by Crippen LogP contribution is 2.33. The molecule has 2 heterocycles. The molecule has 1 aromatic rings. The molecule has 1 aliphatic heterocycles. The Kier molecular flexibility index (Phi) is 4.20. The molecule has 8 heteroatoms. The summed E-state index contributed by atoms with van der Waals surface area (Å²) in [5, 5.41) is 15.0. The number of nitrogens with one attached hydrogen (secondary N) is 1. The summed E-state index contributed by atoms with van der Waals surface area (Å²) in [5.74, 6) is 0. The van der Waals surface area contributed by atoms with E-state index in [2.05, 4.69) is 5.32 Å². The number of nitrogens with zero attached hydrogens (tertiary/aromatic N) is 2. The third-order valence-corrected chi connectivity index (χ3v) is 3.81. The molecule has 1 aliphatic rings. The van der Waals surface area contributed by atoms with Crippen molar-refractivity contribution in [1.29, 1.82) is 0 Å². The Labute approximate surface area is 107 Å². The zero-order valence-corrected chi connectivity index (χ0v) is 10.3. The highest BCUT2D eigenvalue weighted by Gasteiger charge is 2.31. The largest absolute Gasteiger partial charge is 0.324 e. The Bertz CT molecular complexity index is 421. The molecular weight excluding hydrogens is 264 g/mol. The second-order valence-corrected chi connectivity index (χ2v) is 4.93. The number of alkyl halides is 2. The van der Waals surface area contributed by atoms with Crippen molar-refractivity contribution >= 4 is 16.3 Å². The first-order valence-electron chi connectivity index (χ1n) is 5.55. The van der Waals surface area contributed by atoms with E-state index in [-0.39, 0.29) is 5.00 Å². The van der Waals surface area contributed by atoms with Crippen molar-refractivity contribution in [1.82, 2.24) is 10.2 Å². The summed E-state index contributed by atoms with van der Waals surface area (Å²) >= 11 is 0.893. The lowest BCUT2D eigenvalue weighted by Crippen LogP contribution is -2.46. The molecule has 0 bridgehead atoms. The topological polar surface area (TPSA) is 58.4 Å². The normalized spacial score (nSPS) is 19.1. The first kappa shape index (κ1) is 13.3. The van der Waals surface area contributed by atoms with Gasteiger partial charge in [0.05, 0.1) is 11.0 Å². The summed E-state index contributed by atoms with van der Waals surface area (Å²) in [5.41, 5.74) is 0.337. The highest BCUT2D eigenvalue weighted by molar-refractivity contribution is 7.13. The lowest BCUT2D eigenvalue weighted by molar-refractivity contribution is -0.380. The average Bonchev–Trinajstić information content (AvgIpc) is 2.79. The van der Waals surface area contributed by atoms with Crippen molar-refractivity contribution in [3.05, 3.63) is 27.1 Å². The molecule has 0 aliphatic carbocycles. The van der Waals surface area contributed by atoms with Crippen molar-refractivity contribution in [3.63, 3.8) is 0 Å². The summed E-state index contributed by atoms with van der Waals surface area (Å²) in [6.45, 7) is 2.38. The standard InChI is InChI=1S/C10H13F2N3O2S/c11-10(12)9(14-3-1-13-2-4-14)7-5-8(15(16)17)18-6-7/h5-6,9-10,13H,1-4H2/t9-/m0/s1. The van der Waals surface area contributed by atoms with Gasteiger partial charge in [0.25, 0.3) is 6.43 Å². The predicted octanol–water partition coefficient (Wildman–Crippen LogP) is 1.87. The molecule has 0 aromatic carbocycles. The number of halogens is 2. The molecule has 1 N–H and O–H groups in total. The maximum Gasteiger partial charge on any atom is 0.324 e.